The molecule has 0 aliphatic heterocycles. The monoisotopic (exact) mass is 451 g/mol. The number of methoxy groups -OCH3 is 1. The zero-order valence-corrected chi connectivity index (χ0v) is 17.1. The number of phenols is 1. The summed E-state index contributed by atoms with van der Waals surface area (Å²) in [4.78, 5) is 4.51. The first-order chi connectivity index (χ1) is 11.2. The number of halogens is 1. The number of aliphatic imine (C=N–C) groups is 1. The molecule has 0 aliphatic carbocycles. The maximum Gasteiger partial charge on any atom is 0.191 e. The van der Waals surface area contributed by atoms with E-state index >= 15 is 0 Å². The number of rotatable bonds is 10. The third-order valence-corrected chi connectivity index (χ3v) is 3.22. The van der Waals surface area contributed by atoms with Crippen molar-refractivity contribution in [2.24, 2.45) is 4.99 Å². The second-order valence-corrected chi connectivity index (χ2v) is 4.99. The van der Waals surface area contributed by atoms with Gasteiger partial charge in [-0.1, -0.05) is 6.07 Å². The average Bonchev–Trinajstić information content (AvgIpc) is 2.56. The topological polar surface area (TPSA) is 75.1 Å². The van der Waals surface area contributed by atoms with Crippen LogP contribution in [0.3, 0.4) is 0 Å². The molecule has 0 saturated carbocycles. The number of phenolic OH excluding ortho intramolecular Hbond substituents is 1. The van der Waals surface area contributed by atoms with E-state index in [0.29, 0.717) is 5.75 Å². The Labute approximate surface area is 162 Å². The van der Waals surface area contributed by atoms with Crippen molar-refractivity contribution in [3.05, 3.63) is 23.8 Å². The van der Waals surface area contributed by atoms with Gasteiger partial charge in [0.05, 0.1) is 7.11 Å². The van der Waals surface area contributed by atoms with Crippen molar-refractivity contribution < 1.29 is 14.6 Å². The summed E-state index contributed by atoms with van der Waals surface area (Å²) in [5, 5.41) is 16.1. The van der Waals surface area contributed by atoms with Gasteiger partial charge in [-0.25, -0.2) is 0 Å². The molecule has 0 bridgehead atoms. The predicted octanol–water partition coefficient (Wildman–Crippen LogP) is 2.54. The Morgan fingerprint density at radius 2 is 2.04 bits per heavy atom. The maximum absolute atomic E-state index is 9.60. The van der Waals surface area contributed by atoms with E-state index in [4.69, 9.17) is 9.47 Å². The molecule has 0 atom stereocenters. The molecule has 6 nitrogen and oxygen atoms in total. The maximum atomic E-state index is 9.60. The van der Waals surface area contributed by atoms with Gasteiger partial charge in [-0.05, 0) is 44.4 Å². The largest absolute Gasteiger partial charge is 0.504 e. The Kier molecular flexibility index (Phi) is 13.4. The van der Waals surface area contributed by atoms with E-state index in [0.717, 1.165) is 57.2 Å². The molecule has 0 unspecified atom stereocenters. The SMILES string of the molecule is CCNC(=NCCCOCC)NCCc1ccc(O)c(OC)c1.I. The first-order valence-corrected chi connectivity index (χ1v) is 8.17. The van der Waals surface area contributed by atoms with Crippen LogP contribution in [0.25, 0.3) is 0 Å². The van der Waals surface area contributed by atoms with Crippen LogP contribution >= 0.6 is 24.0 Å². The lowest BCUT2D eigenvalue weighted by Crippen LogP contribution is -2.38. The van der Waals surface area contributed by atoms with Crippen LogP contribution in [-0.2, 0) is 11.2 Å². The second-order valence-electron chi connectivity index (χ2n) is 4.99. The van der Waals surface area contributed by atoms with Crippen LogP contribution in [0.15, 0.2) is 23.2 Å². The lowest BCUT2D eigenvalue weighted by molar-refractivity contribution is 0.146. The molecule has 0 aliphatic rings. The van der Waals surface area contributed by atoms with Crippen molar-refractivity contribution in [2.75, 3.05) is 40.0 Å². The van der Waals surface area contributed by atoms with E-state index in [9.17, 15) is 5.11 Å². The summed E-state index contributed by atoms with van der Waals surface area (Å²) >= 11 is 0. The van der Waals surface area contributed by atoms with Gasteiger partial charge in [0.1, 0.15) is 0 Å². The summed E-state index contributed by atoms with van der Waals surface area (Å²) in [6.45, 7) is 7.85. The van der Waals surface area contributed by atoms with Crippen LogP contribution in [0.5, 0.6) is 11.5 Å². The summed E-state index contributed by atoms with van der Waals surface area (Å²) in [6, 6.07) is 5.40. The summed E-state index contributed by atoms with van der Waals surface area (Å²) in [5.41, 5.74) is 1.10. The van der Waals surface area contributed by atoms with Crippen molar-refractivity contribution in [2.45, 2.75) is 26.7 Å². The van der Waals surface area contributed by atoms with Crippen molar-refractivity contribution in [3.63, 3.8) is 0 Å². The van der Waals surface area contributed by atoms with Crippen LogP contribution in [0, 0.1) is 0 Å². The minimum absolute atomic E-state index is 0. The van der Waals surface area contributed by atoms with Crippen LogP contribution in [-0.4, -0.2) is 51.0 Å². The fraction of sp³-hybridized carbons (Fsp3) is 0.588. The highest BCUT2D eigenvalue weighted by molar-refractivity contribution is 14.0. The Hall–Kier alpha value is -1.22. The van der Waals surface area contributed by atoms with Gasteiger partial charge < -0.3 is 25.2 Å². The molecule has 1 aromatic carbocycles. The van der Waals surface area contributed by atoms with Gasteiger partial charge in [-0.3, -0.25) is 4.99 Å². The third-order valence-electron chi connectivity index (χ3n) is 3.22. The minimum Gasteiger partial charge on any atom is -0.504 e. The molecule has 0 spiro atoms. The summed E-state index contributed by atoms with van der Waals surface area (Å²) in [7, 11) is 1.55. The van der Waals surface area contributed by atoms with Gasteiger partial charge >= 0.3 is 0 Å². The normalized spacial score (nSPS) is 10.9. The number of nitrogens with one attached hydrogen (secondary N) is 2. The van der Waals surface area contributed by atoms with E-state index in [2.05, 4.69) is 15.6 Å². The van der Waals surface area contributed by atoms with Crippen LogP contribution in [0.1, 0.15) is 25.8 Å². The number of nitrogens with zero attached hydrogens (tertiary/aromatic N) is 1. The highest BCUT2D eigenvalue weighted by Crippen LogP contribution is 2.26. The molecule has 24 heavy (non-hydrogen) atoms. The minimum atomic E-state index is 0. The first kappa shape index (κ1) is 22.8. The molecule has 0 heterocycles. The average molecular weight is 451 g/mol. The smallest absolute Gasteiger partial charge is 0.191 e. The lowest BCUT2D eigenvalue weighted by Gasteiger charge is -2.12. The summed E-state index contributed by atoms with van der Waals surface area (Å²) in [5.74, 6) is 1.47. The number of guanidine groups is 1. The summed E-state index contributed by atoms with van der Waals surface area (Å²) in [6.07, 6.45) is 1.74. The Morgan fingerprint density at radius 3 is 2.71 bits per heavy atom. The fourth-order valence-electron chi connectivity index (χ4n) is 2.05. The standard InChI is InChI=1S/C17H29N3O3.HI/c1-4-18-17(19-10-6-12-23-5-2)20-11-9-14-7-8-15(21)16(13-14)22-3;/h7-8,13,21H,4-6,9-12H2,1-3H3,(H2,18,19,20);1H. The molecule has 0 amide bonds. The first-order valence-electron chi connectivity index (χ1n) is 8.17. The van der Waals surface area contributed by atoms with Crippen molar-refractivity contribution >= 4 is 29.9 Å². The zero-order valence-electron chi connectivity index (χ0n) is 14.8. The molecule has 3 N–H and O–H groups in total. The third kappa shape index (κ3) is 9.17. The molecule has 1 aromatic rings. The van der Waals surface area contributed by atoms with Gasteiger partial charge in [0.25, 0.3) is 0 Å². The number of hydrogen-bond donors (Lipinski definition) is 3. The Balaban J connectivity index is 0.00000529. The van der Waals surface area contributed by atoms with Crippen LogP contribution in [0.2, 0.25) is 0 Å². The van der Waals surface area contributed by atoms with Gasteiger partial charge in [0.15, 0.2) is 17.5 Å². The predicted molar refractivity (Wildman–Crippen MR) is 109 cm³/mol. The molecule has 0 aromatic heterocycles. The molecule has 0 saturated heterocycles. The molecule has 138 valence electrons. The molecular formula is C17H30IN3O3. The highest BCUT2D eigenvalue weighted by Gasteiger charge is 2.03. The number of ether oxygens (including phenoxy) is 2. The van der Waals surface area contributed by atoms with E-state index in [1.807, 2.05) is 26.0 Å². The number of aromatic hydroxyl groups is 1. The molecule has 0 fully saturated rings. The van der Waals surface area contributed by atoms with Crippen molar-refractivity contribution in [1.82, 2.24) is 10.6 Å². The van der Waals surface area contributed by atoms with Gasteiger partial charge in [-0.15, -0.1) is 24.0 Å². The molecular weight excluding hydrogens is 421 g/mol. The van der Waals surface area contributed by atoms with Crippen molar-refractivity contribution in [3.8, 4) is 11.5 Å². The van der Waals surface area contributed by atoms with Crippen LogP contribution < -0.4 is 15.4 Å². The van der Waals surface area contributed by atoms with E-state index < -0.39 is 0 Å². The second kappa shape index (κ2) is 14.2. The van der Waals surface area contributed by atoms with E-state index in [1.54, 1.807) is 13.2 Å². The van der Waals surface area contributed by atoms with E-state index in [-0.39, 0.29) is 29.7 Å². The molecule has 0 radical (unpaired) electrons. The van der Waals surface area contributed by atoms with Gasteiger partial charge in [0.2, 0.25) is 0 Å². The van der Waals surface area contributed by atoms with Gasteiger partial charge in [0, 0.05) is 32.8 Å². The zero-order chi connectivity index (χ0) is 16.9. The molecule has 1 rings (SSSR count). The fourth-order valence-corrected chi connectivity index (χ4v) is 2.05. The Morgan fingerprint density at radius 1 is 1.25 bits per heavy atom. The van der Waals surface area contributed by atoms with Gasteiger partial charge in [-0.2, -0.15) is 0 Å². The van der Waals surface area contributed by atoms with E-state index in [1.165, 1.54) is 0 Å². The lowest BCUT2D eigenvalue weighted by atomic mass is 10.1. The number of benzene rings is 1. The van der Waals surface area contributed by atoms with Crippen molar-refractivity contribution in [1.29, 1.82) is 0 Å². The molecule has 7 heteroatoms. The van der Waals surface area contributed by atoms with Crippen LogP contribution in [0.4, 0.5) is 0 Å². The highest BCUT2D eigenvalue weighted by atomic mass is 127. The summed E-state index contributed by atoms with van der Waals surface area (Å²) < 4.78 is 10.4. The quantitative estimate of drug-likeness (QED) is 0.221. The Bertz CT molecular complexity index is 484. The number of hydrogen-bond acceptors (Lipinski definition) is 4.